The molecule has 22 heavy (non-hydrogen) atoms. The van der Waals surface area contributed by atoms with Crippen LogP contribution in [0.2, 0.25) is 0 Å². The Balaban J connectivity index is 2.29. The monoisotopic (exact) mass is 343 g/mol. The number of fused-ring (bicyclic) bond motifs is 1. The molecule has 0 bridgehead atoms. The first-order chi connectivity index (χ1) is 10.2. The fraction of sp³-hybridized carbons (Fsp3) is 0.429. The number of hydrogen-bond acceptors (Lipinski definition) is 7. The number of rotatable bonds is 6. The fourth-order valence-corrected chi connectivity index (χ4v) is 3.99. The highest BCUT2D eigenvalue weighted by molar-refractivity contribution is 7.49. The summed E-state index contributed by atoms with van der Waals surface area (Å²) in [5.41, 5.74) is -0.0801. The summed E-state index contributed by atoms with van der Waals surface area (Å²) < 4.78 is 29.6. The molecule has 0 aliphatic carbocycles. The Bertz CT molecular complexity index is 722. The average Bonchev–Trinajstić information content (AvgIpc) is 2.78. The highest BCUT2D eigenvalue weighted by atomic mass is 32.1. The second-order valence-corrected chi connectivity index (χ2v) is 8.04. The van der Waals surface area contributed by atoms with Crippen molar-refractivity contribution in [2.45, 2.75) is 33.3 Å². The van der Waals surface area contributed by atoms with Crippen LogP contribution in [-0.4, -0.2) is 23.5 Å². The summed E-state index contributed by atoms with van der Waals surface area (Å²) in [5.74, 6) is 0.316. The molecule has 0 aliphatic heterocycles. The van der Waals surface area contributed by atoms with E-state index in [1.54, 1.807) is 45.9 Å². The van der Waals surface area contributed by atoms with Gasteiger partial charge in [-0.25, -0.2) is 9.55 Å². The molecule has 2 rings (SSSR count). The van der Waals surface area contributed by atoms with Crippen molar-refractivity contribution in [2.24, 2.45) is 0 Å². The standard InChI is InChI=1S/C14H18NO5PS/c1-5-18-21(17,20-14(2,3)4)19-10-6-7-12-11(8-10)15-13(9-16)22-12/h6-9H,5H2,1-4H3. The Hall–Kier alpha value is -1.27. The van der Waals surface area contributed by atoms with Gasteiger partial charge in [-0.15, -0.1) is 11.3 Å². The third-order valence-electron chi connectivity index (χ3n) is 2.37. The second kappa shape index (κ2) is 6.46. The van der Waals surface area contributed by atoms with Gasteiger partial charge in [-0.2, -0.15) is 0 Å². The highest BCUT2D eigenvalue weighted by Crippen LogP contribution is 2.52. The van der Waals surface area contributed by atoms with Gasteiger partial charge in [0.05, 0.1) is 22.4 Å². The second-order valence-electron chi connectivity index (χ2n) is 5.46. The first-order valence-corrected chi connectivity index (χ1v) is 9.03. The number of nitrogens with zero attached hydrogens (tertiary/aromatic N) is 1. The molecule has 8 heteroatoms. The molecule has 0 N–H and O–H groups in total. The number of aldehydes is 1. The number of phosphoric ester groups is 1. The van der Waals surface area contributed by atoms with Crippen molar-refractivity contribution in [1.82, 2.24) is 4.98 Å². The van der Waals surface area contributed by atoms with Crippen molar-refractivity contribution < 1.29 is 22.9 Å². The number of carbonyl (C=O) groups excluding carboxylic acids is 1. The molecule has 0 saturated heterocycles. The Labute approximate surface area is 133 Å². The maximum Gasteiger partial charge on any atom is 0.530 e. The lowest BCUT2D eigenvalue weighted by atomic mass is 10.2. The van der Waals surface area contributed by atoms with Crippen molar-refractivity contribution in [3.05, 3.63) is 23.2 Å². The van der Waals surface area contributed by atoms with E-state index in [4.69, 9.17) is 13.6 Å². The van der Waals surface area contributed by atoms with Crippen LogP contribution < -0.4 is 4.52 Å². The van der Waals surface area contributed by atoms with Crippen molar-refractivity contribution in [3.63, 3.8) is 0 Å². The number of thiazole rings is 1. The van der Waals surface area contributed by atoms with E-state index in [-0.39, 0.29) is 6.61 Å². The SMILES string of the molecule is CCOP(=O)(Oc1ccc2sc(C=O)nc2c1)OC(C)(C)C. The molecule has 1 aromatic carbocycles. The molecular weight excluding hydrogens is 325 g/mol. The van der Waals surface area contributed by atoms with Gasteiger partial charge in [-0.1, -0.05) is 0 Å². The molecule has 1 atom stereocenters. The molecule has 0 amide bonds. The van der Waals surface area contributed by atoms with Crippen molar-refractivity contribution >= 4 is 35.7 Å². The van der Waals surface area contributed by atoms with E-state index in [2.05, 4.69) is 4.98 Å². The first-order valence-electron chi connectivity index (χ1n) is 6.75. The molecule has 1 unspecified atom stereocenters. The summed E-state index contributed by atoms with van der Waals surface area (Å²) in [7, 11) is -3.73. The minimum atomic E-state index is -3.73. The maximum atomic E-state index is 12.7. The number of benzene rings is 1. The van der Waals surface area contributed by atoms with Gasteiger partial charge in [0.1, 0.15) is 5.75 Å². The lowest BCUT2D eigenvalue weighted by Gasteiger charge is -2.25. The molecule has 0 aliphatic rings. The largest absolute Gasteiger partial charge is 0.530 e. The van der Waals surface area contributed by atoms with E-state index in [0.717, 1.165) is 4.70 Å². The quantitative estimate of drug-likeness (QED) is 0.570. The van der Waals surface area contributed by atoms with E-state index in [1.807, 2.05) is 0 Å². The van der Waals surface area contributed by atoms with Crippen molar-refractivity contribution in [1.29, 1.82) is 0 Å². The summed E-state index contributed by atoms with van der Waals surface area (Å²) in [6.45, 7) is 7.20. The topological polar surface area (TPSA) is 74.7 Å². The van der Waals surface area contributed by atoms with Crippen LogP contribution in [0.3, 0.4) is 0 Å². The Morgan fingerprint density at radius 1 is 1.36 bits per heavy atom. The Kier molecular flexibility index (Phi) is 5.02. The van der Waals surface area contributed by atoms with Crippen LogP contribution in [0.15, 0.2) is 18.2 Å². The van der Waals surface area contributed by atoms with Gasteiger partial charge in [0.15, 0.2) is 11.3 Å². The van der Waals surface area contributed by atoms with Gasteiger partial charge in [0, 0.05) is 6.07 Å². The van der Waals surface area contributed by atoms with Crippen LogP contribution in [-0.2, 0) is 13.6 Å². The number of hydrogen-bond donors (Lipinski definition) is 0. The van der Waals surface area contributed by atoms with Crippen molar-refractivity contribution in [2.75, 3.05) is 6.61 Å². The molecule has 6 nitrogen and oxygen atoms in total. The predicted molar refractivity (Wildman–Crippen MR) is 85.7 cm³/mol. The summed E-state index contributed by atoms with van der Waals surface area (Å²) in [6, 6.07) is 5.01. The molecule has 1 aromatic heterocycles. The smallest absolute Gasteiger partial charge is 0.404 e. The Morgan fingerprint density at radius 2 is 2.09 bits per heavy atom. The summed E-state index contributed by atoms with van der Waals surface area (Å²) in [6.07, 6.45) is 0.693. The van der Waals surface area contributed by atoms with Crippen LogP contribution in [0.4, 0.5) is 0 Å². The van der Waals surface area contributed by atoms with Gasteiger partial charge in [0.2, 0.25) is 0 Å². The molecule has 1 heterocycles. The molecule has 0 saturated carbocycles. The highest BCUT2D eigenvalue weighted by Gasteiger charge is 2.34. The number of phosphoric acid groups is 1. The third-order valence-corrected chi connectivity index (χ3v) is 5.11. The van der Waals surface area contributed by atoms with E-state index in [9.17, 15) is 9.36 Å². The van der Waals surface area contributed by atoms with E-state index >= 15 is 0 Å². The van der Waals surface area contributed by atoms with Crippen molar-refractivity contribution in [3.8, 4) is 5.75 Å². The molecule has 0 radical (unpaired) electrons. The van der Waals surface area contributed by atoms with E-state index in [1.165, 1.54) is 11.3 Å². The van der Waals surface area contributed by atoms with Crippen LogP contribution in [0, 0.1) is 0 Å². The Morgan fingerprint density at radius 3 is 2.68 bits per heavy atom. The molecule has 0 spiro atoms. The minimum Gasteiger partial charge on any atom is -0.404 e. The zero-order valence-electron chi connectivity index (χ0n) is 12.9. The van der Waals surface area contributed by atoms with E-state index in [0.29, 0.717) is 22.6 Å². The van der Waals surface area contributed by atoms with Crippen LogP contribution in [0.25, 0.3) is 10.2 Å². The van der Waals surface area contributed by atoms with Gasteiger partial charge < -0.3 is 4.52 Å². The molecular formula is C14H18NO5PS. The van der Waals surface area contributed by atoms with Gasteiger partial charge in [-0.3, -0.25) is 13.8 Å². The van der Waals surface area contributed by atoms with Crippen LogP contribution in [0.5, 0.6) is 5.75 Å². The van der Waals surface area contributed by atoms with E-state index < -0.39 is 13.4 Å². The lowest BCUT2D eigenvalue weighted by Crippen LogP contribution is -2.20. The van der Waals surface area contributed by atoms with Gasteiger partial charge >= 0.3 is 7.82 Å². The molecule has 2 aromatic rings. The van der Waals surface area contributed by atoms with Gasteiger partial charge in [-0.05, 0) is 39.8 Å². The molecule has 0 fully saturated rings. The summed E-state index contributed by atoms with van der Waals surface area (Å²) in [4.78, 5) is 14.9. The third kappa shape index (κ3) is 4.36. The van der Waals surface area contributed by atoms with Crippen LogP contribution in [0.1, 0.15) is 37.5 Å². The summed E-state index contributed by atoms with van der Waals surface area (Å²) in [5, 5.41) is 0.381. The number of carbonyl (C=O) groups is 1. The zero-order valence-corrected chi connectivity index (χ0v) is 14.6. The lowest BCUT2D eigenvalue weighted by molar-refractivity contribution is 0.0679. The maximum absolute atomic E-state index is 12.7. The normalized spacial score (nSPS) is 14.7. The molecule has 120 valence electrons. The number of aromatic nitrogens is 1. The zero-order chi connectivity index (χ0) is 16.4. The predicted octanol–water partition coefficient (Wildman–Crippen LogP) is 4.45. The summed E-state index contributed by atoms with van der Waals surface area (Å²) >= 11 is 1.28. The fourth-order valence-electron chi connectivity index (χ4n) is 1.73. The van der Waals surface area contributed by atoms with Gasteiger partial charge in [0.25, 0.3) is 0 Å². The minimum absolute atomic E-state index is 0.196. The first kappa shape index (κ1) is 17.1. The average molecular weight is 343 g/mol. The van der Waals surface area contributed by atoms with Crippen LogP contribution >= 0.6 is 19.2 Å².